The van der Waals surface area contributed by atoms with Crippen LogP contribution in [0.15, 0.2) is 59.6 Å². The first kappa shape index (κ1) is 16.9. The summed E-state index contributed by atoms with van der Waals surface area (Å²) >= 11 is 0. The summed E-state index contributed by atoms with van der Waals surface area (Å²) in [5, 5.41) is 9.41. The predicted octanol–water partition coefficient (Wildman–Crippen LogP) is 2.97. The van der Waals surface area contributed by atoms with Gasteiger partial charge in [-0.25, -0.2) is 8.42 Å². The molecule has 1 aromatic heterocycles. The second-order valence-corrected chi connectivity index (χ2v) is 7.31. The molecule has 128 valence electrons. The first-order chi connectivity index (χ1) is 11.9. The van der Waals surface area contributed by atoms with Crippen LogP contribution in [0.3, 0.4) is 0 Å². The molecule has 3 aromatic rings. The molecule has 0 saturated carbocycles. The molecule has 0 aliphatic carbocycles. The van der Waals surface area contributed by atoms with Crippen LogP contribution < -0.4 is 4.72 Å². The molecular weight excluding hydrogens is 340 g/mol. The number of sulfonamides is 1. The highest BCUT2D eigenvalue weighted by molar-refractivity contribution is 7.93. The van der Waals surface area contributed by atoms with E-state index in [0.717, 1.165) is 5.56 Å². The van der Waals surface area contributed by atoms with Crippen LogP contribution >= 0.6 is 0 Å². The Kier molecular flexibility index (Phi) is 4.41. The maximum absolute atomic E-state index is 12.8. The van der Waals surface area contributed by atoms with Crippen molar-refractivity contribution in [2.75, 3.05) is 4.72 Å². The van der Waals surface area contributed by atoms with E-state index in [-0.39, 0.29) is 11.3 Å². The fourth-order valence-electron chi connectivity index (χ4n) is 2.65. The summed E-state index contributed by atoms with van der Waals surface area (Å²) in [6.07, 6.45) is 1.45. The lowest BCUT2D eigenvalue weighted by molar-refractivity contribution is -0.136. The average molecular weight is 356 g/mol. The molecule has 0 unspecified atom stereocenters. The third-order valence-corrected chi connectivity index (χ3v) is 5.19. The molecule has 0 aliphatic rings. The summed E-state index contributed by atoms with van der Waals surface area (Å²) in [5.74, 6) is -0.976. The number of carboxylic acids is 1. The normalized spacial score (nSPS) is 11.4. The maximum Gasteiger partial charge on any atom is 0.307 e. The molecule has 2 aromatic carbocycles. The summed E-state index contributed by atoms with van der Waals surface area (Å²) in [6, 6.07) is 13.0. The first-order valence-electron chi connectivity index (χ1n) is 7.55. The third kappa shape index (κ3) is 3.61. The van der Waals surface area contributed by atoms with E-state index >= 15 is 0 Å². The summed E-state index contributed by atoms with van der Waals surface area (Å²) in [4.78, 5) is 15.2. The van der Waals surface area contributed by atoms with Crippen LogP contribution in [0.2, 0.25) is 0 Å². The van der Waals surface area contributed by atoms with Crippen LogP contribution in [-0.2, 0) is 21.2 Å². The molecule has 2 N–H and O–H groups in total. The maximum atomic E-state index is 12.8. The quantitative estimate of drug-likeness (QED) is 0.733. The SMILES string of the molecule is Cc1ccc(S(=O)(=O)Nc2cccc(CC(=O)O)c2)c2cccnc12. The number of fused-ring (bicyclic) bond motifs is 1. The zero-order valence-corrected chi connectivity index (χ0v) is 14.2. The Balaban J connectivity index is 2.01. The van der Waals surface area contributed by atoms with E-state index in [1.807, 2.05) is 6.92 Å². The van der Waals surface area contributed by atoms with Crippen LogP contribution in [0.25, 0.3) is 10.9 Å². The number of hydrogen-bond acceptors (Lipinski definition) is 4. The fourth-order valence-corrected chi connectivity index (χ4v) is 3.90. The minimum absolute atomic E-state index is 0.129. The van der Waals surface area contributed by atoms with E-state index in [1.165, 1.54) is 6.07 Å². The largest absolute Gasteiger partial charge is 0.481 e. The number of benzene rings is 2. The Morgan fingerprint density at radius 2 is 1.96 bits per heavy atom. The van der Waals surface area contributed by atoms with Crippen molar-refractivity contribution in [2.45, 2.75) is 18.2 Å². The lowest BCUT2D eigenvalue weighted by Gasteiger charge is -2.12. The molecule has 0 fully saturated rings. The van der Waals surface area contributed by atoms with Crippen LogP contribution in [0.1, 0.15) is 11.1 Å². The van der Waals surface area contributed by atoms with Gasteiger partial charge in [0.1, 0.15) is 0 Å². The van der Waals surface area contributed by atoms with Gasteiger partial charge in [0.05, 0.1) is 16.8 Å². The van der Waals surface area contributed by atoms with E-state index in [2.05, 4.69) is 9.71 Å². The van der Waals surface area contributed by atoms with Gasteiger partial charge in [-0.05, 0) is 48.4 Å². The molecule has 0 saturated heterocycles. The zero-order valence-electron chi connectivity index (χ0n) is 13.4. The third-order valence-electron chi connectivity index (χ3n) is 3.76. The number of nitrogens with one attached hydrogen (secondary N) is 1. The van der Waals surface area contributed by atoms with Crippen molar-refractivity contribution in [1.82, 2.24) is 4.98 Å². The molecule has 0 bridgehead atoms. The standard InChI is InChI=1S/C18H16N2O4S/c1-12-7-8-16(15-6-3-9-19-18(12)15)25(23,24)20-14-5-2-4-13(10-14)11-17(21)22/h2-10,20H,11H2,1H3,(H,21,22). The first-order valence-corrected chi connectivity index (χ1v) is 9.03. The van der Waals surface area contributed by atoms with Gasteiger partial charge in [0, 0.05) is 17.3 Å². The smallest absolute Gasteiger partial charge is 0.307 e. The Hall–Kier alpha value is -2.93. The monoisotopic (exact) mass is 356 g/mol. The number of aryl methyl sites for hydroxylation is 1. The molecule has 0 radical (unpaired) electrons. The number of rotatable bonds is 5. The Morgan fingerprint density at radius 3 is 2.72 bits per heavy atom. The van der Waals surface area contributed by atoms with E-state index < -0.39 is 16.0 Å². The van der Waals surface area contributed by atoms with Crippen LogP contribution in [-0.4, -0.2) is 24.5 Å². The number of hydrogen-bond donors (Lipinski definition) is 2. The summed E-state index contributed by atoms with van der Waals surface area (Å²) in [7, 11) is -3.84. The van der Waals surface area contributed by atoms with Crippen molar-refractivity contribution in [2.24, 2.45) is 0 Å². The van der Waals surface area contributed by atoms with Crippen LogP contribution in [0.4, 0.5) is 5.69 Å². The number of aromatic nitrogens is 1. The van der Waals surface area contributed by atoms with Crippen molar-refractivity contribution in [3.63, 3.8) is 0 Å². The van der Waals surface area contributed by atoms with Crippen molar-refractivity contribution in [3.8, 4) is 0 Å². The summed E-state index contributed by atoms with van der Waals surface area (Å²) < 4.78 is 28.1. The molecule has 1 heterocycles. The van der Waals surface area contributed by atoms with Gasteiger partial charge in [-0.3, -0.25) is 14.5 Å². The molecule has 0 aliphatic heterocycles. The topological polar surface area (TPSA) is 96.4 Å². The molecular formula is C18H16N2O4S. The fraction of sp³-hybridized carbons (Fsp3) is 0.111. The zero-order chi connectivity index (χ0) is 18.0. The Bertz CT molecular complexity index is 1060. The van der Waals surface area contributed by atoms with Gasteiger partial charge in [0.2, 0.25) is 0 Å². The van der Waals surface area contributed by atoms with Gasteiger partial charge in [-0.15, -0.1) is 0 Å². The average Bonchev–Trinajstić information content (AvgIpc) is 2.54. The van der Waals surface area contributed by atoms with E-state index in [4.69, 9.17) is 5.11 Å². The number of anilines is 1. The number of pyridine rings is 1. The van der Waals surface area contributed by atoms with Crippen molar-refractivity contribution in [3.05, 3.63) is 65.9 Å². The minimum Gasteiger partial charge on any atom is -0.481 e. The van der Waals surface area contributed by atoms with E-state index in [0.29, 0.717) is 22.2 Å². The highest BCUT2D eigenvalue weighted by atomic mass is 32.2. The van der Waals surface area contributed by atoms with Crippen molar-refractivity contribution in [1.29, 1.82) is 0 Å². The van der Waals surface area contributed by atoms with Crippen molar-refractivity contribution < 1.29 is 18.3 Å². The molecule has 7 heteroatoms. The van der Waals surface area contributed by atoms with Gasteiger partial charge < -0.3 is 5.11 Å². The highest BCUT2D eigenvalue weighted by Crippen LogP contribution is 2.26. The van der Waals surface area contributed by atoms with Gasteiger partial charge in [-0.2, -0.15) is 0 Å². The number of carboxylic acid groups (broad SMARTS) is 1. The van der Waals surface area contributed by atoms with Crippen LogP contribution in [0.5, 0.6) is 0 Å². The summed E-state index contributed by atoms with van der Waals surface area (Å²) in [6.45, 7) is 1.87. The Labute approximate surface area is 145 Å². The van der Waals surface area contributed by atoms with Crippen LogP contribution in [0, 0.1) is 6.92 Å². The molecule has 25 heavy (non-hydrogen) atoms. The summed E-state index contributed by atoms with van der Waals surface area (Å²) in [5.41, 5.74) is 2.35. The number of aliphatic carboxylic acids is 1. The molecule has 0 spiro atoms. The van der Waals surface area contributed by atoms with Crippen molar-refractivity contribution >= 4 is 32.6 Å². The molecule has 6 nitrogen and oxygen atoms in total. The molecule has 3 rings (SSSR count). The van der Waals surface area contributed by atoms with Gasteiger partial charge in [0.15, 0.2) is 0 Å². The van der Waals surface area contributed by atoms with Gasteiger partial charge in [-0.1, -0.05) is 18.2 Å². The second-order valence-electron chi connectivity index (χ2n) is 5.66. The second kappa shape index (κ2) is 6.52. The van der Waals surface area contributed by atoms with Gasteiger partial charge >= 0.3 is 5.97 Å². The van der Waals surface area contributed by atoms with Gasteiger partial charge in [0.25, 0.3) is 10.0 Å². The number of carbonyl (C=O) groups is 1. The van der Waals surface area contributed by atoms with E-state index in [1.54, 1.807) is 48.7 Å². The lowest BCUT2D eigenvalue weighted by atomic mass is 10.1. The molecule has 0 atom stereocenters. The van der Waals surface area contributed by atoms with E-state index in [9.17, 15) is 13.2 Å². The minimum atomic E-state index is -3.84. The number of nitrogens with zero attached hydrogens (tertiary/aromatic N) is 1. The molecule has 0 amide bonds. The predicted molar refractivity (Wildman–Crippen MR) is 95.1 cm³/mol. The Morgan fingerprint density at radius 1 is 1.16 bits per heavy atom. The highest BCUT2D eigenvalue weighted by Gasteiger charge is 2.19. The lowest BCUT2D eigenvalue weighted by Crippen LogP contribution is -2.14.